The van der Waals surface area contributed by atoms with Gasteiger partial charge < -0.3 is 24.5 Å². The van der Waals surface area contributed by atoms with Crippen LogP contribution in [-0.4, -0.2) is 13.4 Å². The smallest absolute Gasteiger partial charge is 0.252 e. The Kier molecular flexibility index (Phi) is 11.6. The van der Waals surface area contributed by atoms with Crippen molar-refractivity contribution in [2.75, 3.05) is 24.5 Å². The average molecular weight is 1180 g/mol. The number of rotatable bonds is 9. The van der Waals surface area contributed by atoms with Gasteiger partial charge in [0.2, 0.25) is 0 Å². The fraction of sp³-hybridized carbons (Fsp3) is 0.0120. The van der Waals surface area contributed by atoms with E-state index >= 15 is 0 Å². The monoisotopic (exact) mass is 1180 g/mol. The summed E-state index contributed by atoms with van der Waals surface area (Å²) in [5, 5.41) is 0. The number of nitrogens with zero attached hydrogens (tertiary/aromatic N) is 5. The molecule has 0 unspecified atom stereocenters. The summed E-state index contributed by atoms with van der Waals surface area (Å²) in [6, 6.07) is 118. The molecule has 0 fully saturated rings. The molecule has 0 aliphatic carbocycles. The normalized spacial score (nSPS) is 13.2. The second kappa shape index (κ2) is 20.4. The Labute approximate surface area is 535 Å². The van der Waals surface area contributed by atoms with Gasteiger partial charge in [-0.15, -0.1) is 11.3 Å². The van der Waals surface area contributed by atoms with E-state index in [2.05, 4.69) is 347 Å². The molecule has 19 rings (SSSR count). The Hall–Kier alpha value is -11.3. The van der Waals surface area contributed by atoms with E-state index in [0.717, 1.165) is 45.5 Å². The molecule has 0 saturated heterocycles. The van der Waals surface area contributed by atoms with Crippen LogP contribution in [0.25, 0.3) is 43.1 Å². The van der Waals surface area contributed by atoms with Crippen molar-refractivity contribution in [2.24, 2.45) is 0 Å². The molecular weight excluding hydrogens is 1120 g/mol. The van der Waals surface area contributed by atoms with Gasteiger partial charge in [-0.3, -0.25) is 0 Å². The maximum atomic E-state index is 2.76. The summed E-state index contributed by atoms with van der Waals surface area (Å²) in [6.45, 7) is 2.00. The highest BCUT2D eigenvalue weighted by Crippen LogP contribution is 2.65. The van der Waals surface area contributed by atoms with Gasteiger partial charge in [-0.1, -0.05) is 231 Å². The van der Waals surface area contributed by atoms with Crippen LogP contribution in [0.3, 0.4) is 0 Å². The summed E-state index contributed by atoms with van der Waals surface area (Å²) in [4.78, 5) is 15.5. The van der Waals surface area contributed by atoms with Crippen molar-refractivity contribution in [3.8, 4) is 43.1 Å². The summed E-state index contributed by atoms with van der Waals surface area (Å²) in [6.07, 6.45) is 0. The molecule has 0 saturated carbocycles. The SMILES string of the molecule is Cc1cc2c3c(c1)N1c4c(ccc5c4N(c4cc(N(c6ccccc6)c6ccccc6)cc6c4B5c4cc(-c5ccccc5)ccc4N6c4ccccc4)c4c(-c5ccccc5)sc(-c5ccccc5)c41)B3c1ccc(-c3ccccc3)cc1N2c1ccccc1. The summed E-state index contributed by atoms with van der Waals surface area (Å²) >= 11 is 1.91. The second-order valence-electron chi connectivity index (χ2n) is 24.4. The van der Waals surface area contributed by atoms with E-state index in [9.17, 15) is 0 Å². The van der Waals surface area contributed by atoms with Crippen LogP contribution in [0.4, 0.5) is 85.3 Å². The molecule has 0 radical (unpaired) electrons. The van der Waals surface area contributed by atoms with E-state index in [4.69, 9.17) is 0 Å². The molecule has 91 heavy (non-hydrogen) atoms. The lowest BCUT2D eigenvalue weighted by Crippen LogP contribution is -2.65. The van der Waals surface area contributed by atoms with Crippen molar-refractivity contribution in [3.05, 3.63) is 321 Å². The quantitative estimate of drug-likeness (QED) is 0.134. The number of hydrogen-bond donors (Lipinski definition) is 0. The van der Waals surface area contributed by atoms with Gasteiger partial charge in [0.15, 0.2) is 0 Å². The molecule has 0 N–H and O–H groups in total. The van der Waals surface area contributed by atoms with Crippen LogP contribution in [0, 0.1) is 6.92 Å². The molecule has 424 valence electrons. The Morgan fingerprint density at radius 2 is 0.637 bits per heavy atom. The molecule has 0 spiro atoms. The Morgan fingerprint density at radius 3 is 1.13 bits per heavy atom. The minimum Gasteiger partial charge on any atom is -0.311 e. The molecule has 13 aromatic carbocycles. The third-order valence-corrected chi connectivity index (χ3v) is 20.6. The first kappa shape index (κ1) is 51.7. The van der Waals surface area contributed by atoms with Crippen molar-refractivity contribution in [1.29, 1.82) is 0 Å². The lowest BCUT2D eigenvalue weighted by molar-refractivity contribution is 1.17. The predicted molar refractivity (Wildman–Crippen MR) is 387 cm³/mol. The predicted octanol–water partition coefficient (Wildman–Crippen LogP) is 18.7. The molecule has 6 heterocycles. The van der Waals surface area contributed by atoms with Gasteiger partial charge in [-0.05, 0) is 164 Å². The minimum absolute atomic E-state index is 0.121. The molecular formula is C83H55B2N5S. The number of hydrogen-bond acceptors (Lipinski definition) is 6. The topological polar surface area (TPSA) is 16.2 Å². The Morgan fingerprint density at radius 1 is 0.264 bits per heavy atom. The molecule has 1 aromatic heterocycles. The van der Waals surface area contributed by atoms with Gasteiger partial charge >= 0.3 is 0 Å². The van der Waals surface area contributed by atoms with Crippen LogP contribution < -0.4 is 57.3 Å². The van der Waals surface area contributed by atoms with Crippen LogP contribution in [0.1, 0.15) is 5.56 Å². The van der Waals surface area contributed by atoms with Crippen molar-refractivity contribution in [2.45, 2.75) is 6.92 Å². The molecule has 0 bridgehead atoms. The lowest BCUT2D eigenvalue weighted by atomic mass is 9.30. The van der Waals surface area contributed by atoms with E-state index in [1.807, 2.05) is 11.3 Å². The molecule has 5 aliphatic heterocycles. The summed E-state index contributed by atoms with van der Waals surface area (Å²) in [7, 11) is 0. The van der Waals surface area contributed by atoms with Gasteiger partial charge in [0.1, 0.15) is 0 Å². The van der Waals surface area contributed by atoms with Crippen LogP contribution in [0.5, 0.6) is 0 Å². The van der Waals surface area contributed by atoms with E-state index in [0.29, 0.717) is 0 Å². The Bertz CT molecular complexity index is 5170. The lowest BCUT2D eigenvalue weighted by Gasteiger charge is -2.52. The van der Waals surface area contributed by atoms with Crippen LogP contribution in [0.15, 0.2) is 315 Å². The van der Waals surface area contributed by atoms with Crippen LogP contribution >= 0.6 is 11.3 Å². The highest BCUT2D eigenvalue weighted by molar-refractivity contribution is 7.20. The first-order valence-electron chi connectivity index (χ1n) is 31.5. The summed E-state index contributed by atoms with van der Waals surface area (Å²) in [5.41, 5.74) is 33.4. The first-order chi connectivity index (χ1) is 45.1. The highest BCUT2D eigenvalue weighted by Gasteiger charge is 2.54. The zero-order chi connectivity index (χ0) is 59.8. The zero-order valence-corrected chi connectivity index (χ0v) is 50.6. The third-order valence-electron chi connectivity index (χ3n) is 19.3. The molecule has 14 aromatic rings. The summed E-state index contributed by atoms with van der Waals surface area (Å²) in [5.74, 6) is 0. The Balaban J connectivity index is 0.984. The summed E-state index contributed by atoms with van der Waals surface area (Å²) < 4.78 is 0. The molecule has 5 nitrogen and oxygen atoms in total. The highest BCUT2D eigenvalue weighted by atomic mass is 32.1. The number of anilines is 15. The molecule has 8 heteroatoms. The minimum atomic E-state index is -0.179. The standard InChI is InChI=1S/C83H55B2N5S/c1-54-48-72-76-73(49-54)89-78-67(84(76)66-44-42-60(56-28-12-3-13-29-56)51-71(66)88(72)64-40-24-9-25-41-64)45-46-68-79(78)90(81-80(89)82(57-30-14-4-15-31-57)91-83(81)58-32-16-5-17-33-58)75-53-65(86(61-34-18-6-19-35-61)62-36-20-7-21-37-62)52-74-77(75)85(68)69-50-59(55-26-10-2-11-27-55)43-47-70(69)87(74)63-38-22-8-23-39-63/h2-53H,1H3. The van der Waals surface area contributed by atoms with Crippen molar-refractivity contribution < 1.29 is 0 Å². The van der Waals surface area contributed by atoms with Crippen molar-refractivity contribution >= 4 is 143 Å². The number of benzene rings is 13. The van der Waals surface area contributed by atoms with Gasteiger partial charge in [0.05, 0.1) is 38.2 Å². The maximum Gasteiger partial charge on any atom is 0.252 e. The van der Waals surface area contributed by atoms with E-state index in [1.165, 1.54) is 121 Å². The van der Waals surface area contributed by atoms with E-state index < -0.39 is 0 Å². The number of para-hydroxylation sites is 4. The second-order valence-corrected chi connectivity index (χ2v) is 25.4. The van der Waals surface area contributed by atoms with Crippen LogP contribution in [-0.2, 0) is 0 Å². The number of fused-ring (bicyclic) bond motifs is 11. The van der Waals surface area contributed by atoms with E-state index in [1.54, 1.807) is 0 Å². The van der Waals surface area contributed by atoms with Crippen LogP contribution in [0.2, 0.25) is 0 Å². The van der Waals surface area contributed by atoms with Gasteiger partial charge in [-0.2, -0.15) is 0 Å². The zero-order valence-electron chi connectivity index (χ0n) is 49.8. The maximum absolute atomic E-state index is 2.76. The van der Waals surface area contributed by atoms with Gasteiger partial charge in [0.25, 0.3) is 13.4 Å². The van der Waals surface area contributed by atoms with Gasteiger partial charge in [0, 0.05) is 56.9 Å². The molecule has 0 atom stereocenters. The number of thiophene rings is 1. The molecule has 0 amide bonds. The van der Waals surface area contributed by atoms with Gasteiger partial charge in [-0.25, -0.2) is 0 Å². The largest absolute Gasteiger partial charge is 0.311 e. The molecule has 5 aliphatic rings. The first-order valence-corrected chi connectivity index (χ1v) is 32.3. The fourth-order valence-corrected chi connectivity index (χ4v) is 16.9. The number of aryl methyl sites for hydroxylation is 1. The van der Waals surface area contributed by atoms with Crippen molar-refractivity contribution in [3.63, 3.8) is 0 Å². The van der Waals surface area contributed by atoms with Crippen molar-refractivity contribution in [1.82, 2.24) is 0 Å². The average Bonchev–Trinajstić information content (AvgIpc) is 1.73. The van der Waals surface area contributed by atoms with E-state index in [-0.39, 0.29) is 13.4 Å². The fourth-order valence-electron chi connectivity index (χ4n) is 15.6. The third kappa shape index (κ3) is 7.79.